The van der Waals surface area contributed by atoms with Crippen LogP contribution in [0.15, 0.2) is 0 Å². The first-order valence-electron chi connectivity index (χ1n) is 3.79. The lowest BCUT2D eigenvalue weighted by Crippen LogP contribution is -2.55. The van der Waals surface area contributed by atoms with E-state index in [2.05, 4.69) is 17.6 Å². The van der Waals surface area contributed by atoms with Gasteiger partial charge in [0.25, 0.3) is 0 Å². The third-order valence-corrected chi connectivity index (χ3v) is 2.32. The molecule has 3 heteroatoms. The monoisotopic (exact) mass is 162 g/mol. The molecule has 1 saturated carbocycles. The van der Waals surface area contributed by atoms with Gasteiger partial charge in [0.05, 0.1) is 0 Å². The molecule has 0 radical (unpaired) electrons. The molecule has 2 rings (SSSR count). The lowest BCUT2D eigenvalue weighted by molar-refractivity contribution is 0.338. The van der Waals surface area contributed by atoms with Crippen LogP contribution in [0.3, 0.4) is 0 Å². The number of hydrogen-bond acceptors (Lipinski definition) is 2. The van der Waals surface area contributed by atoms with Crippen LogP contribution in [0.5, 0.6) is 0 Å². The summed E-state index contributed by atoms with van der Waals surface area (Å²) >= 11 is 0. The molecule has 60 valence electrons. The van der Waals surface area contributed by atoms with Crippen molar-refractivity contribution < 1.29 is 0 Å². The number of halogens is 1. The maximum atomic E-state index is 3.60. The second-order valence-corrected chi connectivity index (χ2v) is 3.46. The Morgan fingerprint density at radius 2 is 2.10 bits per heavy atom. The van der Waals surface area contributed by atoms with Crippen molar-refractivity contribution in [3.05, 3.63) is 0 Å². The average Bonchev–Trinajstić information content (AvgIpc) is 2.49. The van der Waals surface area contributed by atoms with E-state index in [9.17, 15) is 0 Å². The molecule has 0 aromatic heterocycles. The van der Waals surface area contributed by atoms with Gasteiger partial charge in [-0.05, 0) is 19.8 Å². The van der Waals surface area contributed by atoms with E-state index in [1.54, 1.807) is 0 Å². The SMILES string of the molecule is C[C@@H]1CNCC2(CC2)N1.Cl. The van der Waals surface area contributed by atoms with Gasteiger partial charge in [-0.25, -0.2) is 0 Å². The molecule has 1 aliphatic heterocycles. The zero-order valence-corrected chi connectivity index (χ0v) is 7.13. The second kappa shape index (κ2) is 2.68. The van der Waals surface area contributed by atoms with E-state index in [0.717, 1.165) is 6.54 Å². The highest BCUT2D eigenvalue weighted by Gasteiger charge is 2.44. The van der Waals surface area contributed by atoms with Gasteiger partial charge >= 0.3 is 0 Å². The minimum Gasteiger partial charge on any atom is -0.313 e. The van der Waals surface area contributed by atoms with Crippen LogP contribution in [0.1, 0.15) is 19.8 Å². The minimum absolute atomic E-state index is 0. The number of piperazine rings is 1. The highest BCUT2D eigenvalue weighted by molar-refractivity contribution is 5.85. The van der Waals surface area contributed by atoms with E-state index in [4.69, 9.17) is 0 Å². The molecule has 10 heavy (non-hydrogen) atoms. The topological polar surface area (TPSA) is 24.1 Å². The van der Waals surface area contributed by atoms with Crippen molar-refractivity contribution in [3.8, 4) is 0 Å². The largest absolute Gasteiger partial charge is 0.313 e. The molecule has 0 unspecified atom stereocenters. The summed E-state index contributed by atoms with van der Waals surface area (Å²) in [5.74, 6) is 0. The Bertz CT molecular complexity index is 123. The van der Waals surface area contributed by atoms with Crippen LogP contribution in [0.25, 0.3) is 0 Å². The lowest BCUT2D eigenvalue weighted by Gasteiger charge is -2.29. The van der Waals surface area contributed by atoms with Gasteiger partial charge in [0.2, 0.25) is 0 Å². The van der Waals surface area contributed by atoms with Crippen molar-refractivity contribution in [2.75, 3.05) is 13.1 Å². The Hall–Kier alpha value is 0.210. The molecule has 0 amide bonds. The van der Waals surface area contributed by atoms with Crippen LogP contribution in [0.4, 0.5) is 0 Å². The average molecular weight is 163 g/mol. The van der Waals surface area contributed by atoms with E-state index in [1.807, 2.05) is 0 Å². The molecule has 0 aromatic carbocycles. The number of hydrogen-bond donors (Lipinski definition) is 2. The van der Waals surface area contributed by atoms with Gasteiger partial charge in [-0.2, -0.15) is 0 Å². The Kier molecular flexibility index (Phi) is 2.23. The van der Waals surface area contributed by atoms with Crippen LogP contribution < -0.4 is 10.6 Å². The molecule has 2 aliphatic rings. The highest BCUT2D eigenvalue weighted by Crippen LogP contribution is 2.36. The maximum absolute atomic E-state index is 3.60. The van der Waals surface area contributed by atoms with Gasteiger partial charge in [0, 0.05) is 24.7 Å². The van der Waals surface area contributed by atoms with Crippen LogP contribution in [0, 0.1) is 0 Å². The molecule has 0 bridgehead atoms. The third-order valence-electron chi connectivity index (χ3n) is 2.32. The summed E-state index contributed by atoms with van der Waals surface area (Å²) in [6, 6.07) is 0.682. The summed E-state index contributed by atoms with van der Waals surface area (Å²) in [6.07, 6.45) is 2.76. The first-order valence-corrected chi connectivity index (χ1v) is 3.79. The van der Waals surface area contributed by atoms with Crippen LogP contribution in [-0.4, -0.2) is 24.7 Å². The smallest absolute Gasteiger partial charge is 0.0310 e. The van der Waals surface area contributed by atoms with Gasteiger partial charge in [-0.15, -0.1) is 12.4 Å². The van der Waals surface area contributed by atoms with E-state index in [-0.39, 0.29) is 12.4 Å². The molecule has 2 nitrogen and oxygen atoms in total. The maximum Gasteiger partial charge on any atom is 0.0310 e. The Balaban J connectivity index is 0.000000500. The van der Waals surface area contributed by atoms with Gasteiger partial charge in [0.15, 0.2) is 0 Å². The molecule has 1 heterocycles. The molecule has 0 aromatic rings. The Morgan fingerprint density at radius 3 is 2.50 bits per heavy atom. The highest BCUT2D eigenvalue weighted by atomic mass is 35.5. The van der Waals surface area contributed by atoms with E-state index in [0.29, 0.717) is 11.6 Å². The summed E-state index contributed by atoms with van der Waals surface area (Å²) in [4.78, 5) is 0. The van der Waals surface area contributed by atoms with Crippen LogP contribution in [-0.2, 0) is 0 Å². The van der Waals surface area contributed by atoms with E-state index >= 15 is 0 Å². The Morgan fingerprint density at radius 1 is 1.40 bits per heavy atom. The first kappa shape index (κ1) is 8.31. The fourth-order valence-corrected chi connectivity index (χ4v) is 1.62. The molecule has 2 fully saturated rings. The van der Waals surface area contributed by atoms with E-state index in [1.165, 1.54) is 19.4 Å². The van der Waals surface area contributed by atoms with Crippen molar-refractivity contribution in [2.45, 2.75) is 31.3 Å². The minimum atomic E-state index is 0. The van der Waals surface area contributed by atoms with Crippen molar-refractivity contribution in [3.63, 3.8) is 0 Å². The summed E-state index contributed by atoms with van der Waals surface area (Å²) in [7, 11) is 0. The normalized spacial score (nSPS) is 35.1. The zero-order chi connectivity index (χ0) is 6.32. The molecular formula is C7H15ClN2. The van der Waals surface area contributed by atoms with Gasteiger partial charge in [0.1, 0.15) is 0 Å². The predicted octanol–water partition coefficient (Wildman–Crippen LogP) is 0.522. The van der Waals surface area contributed by atoms with Gasteiger partial charge in [-0.3, -0.25) is 0 Å². The quantitative estimate of drug-likeness (QED) is 0.543. The predicted molar refractivity (Wildman–Crippen MR) is 44.7 cm³/mol. The van der Waals surface area contributed by atoms with Crippen molar-refractivity contribution in [1.29, 1.82) is 0 Å². The molecular weight excluding hydrogens is 148 g/mol. The standard InChI is InChI=1S/C7H14N2.ClH/c1-6-4-8-5-7(9-6)2-3-7;/h6,8-9H,2-5H2,1H3;1H/t6-;/m1./s1. The molecule has 1 aliphatic carbocycles. The summed E-state index contributed by atoms with van der Waals surface area (Å²) in [5.41, 5.74) is 0.539. The van der Waals surface area contributed by atoms with Crippen LogP contribution >= 0.6 is 12.4 Å². The van der Waals surface area contributed by atoms with Crippen LogP contribution in [0.2, 0.25) is 0 Å². The van der Waals surface area contributed by atoms with Crippen molar-refractivity contribution in [1.82, 2.24) is 10.6 Å². The molecule has 1 saturated heterocycles. The fourth-order valence-electron chi connectivity index (χ4n) is 1.62. The molecule has 1 spiro atoms. The Labute approximate surface area is 68.2 Å². The molecule has 2 N–H and O–H groups in total. The van der Waals surface area contributed by atoms with E-state index < -0.39 is 0 Å². The fraction of sp³-hybridized carbons (Fsp3) is 1.00. The zero-order valence-electron chi connectivity index (χ0n) is 6.31. The molecule has 1 atom stereocenters. The van der Waals surface area contributed by atoms with Gasteiger partial charge < -0.3 is 10.6 Å². The summed E-state index contributed by atoms with van der Waals surface area (Å²) in [5, 5.41) is 7.03. The lowest BCUT2D eigenvalue weighted by atomic mass is 10.1. The first-order chi connectivity index (χ1) is 4.31. The summed E-state index contributed by atoms with van der Waals surface area (Å²) < 4.78 is 0. The third kappa shape index (κ3) is 1.44. The number of nitrogens with one attached hydrogen (secondary N) is 2. The van der Waals surface area contributed by atoms with Gasteiger partial charge in [-0.1, -0.05) is 0 Å². The summed E-state index contributed by atoms with van der Waals surface area (Å²) in [6.45, 7) is 4.57. The van der Waals surface area contributed by atoms with Crippen molar-refractivity contribution in [2.24, 2.45) is 0 Å². The second-order valence-electron chi connectivity index (χ2n) is 3.46. The number of rotatable bonds is 0. The van der Waals surface area contributed by atoms with Crippen molar-refractivity contribution >= 4 is 12.4 Å².